The van der Waals surface area contributed by atoms with E-state index in [9.17, 15) is 0 Å². The SMILES string of the molecule is C[C@H]1CCC[C@H]([NH+]2CCC([NH+]3CC[NH+](CCO)CC3)CC2)C1. The third-order valence-electron chi connectivity index (χ3n) is 6.78. The summed E-state index contributed by atoms with van der Waals surface area (Å²) < 4.78 is 0. The van der Waals surface area contributed by atoms with Crippen LogP contribution in [0.2, 0.25) is 0 Å². The molecule has 1 aliphatic carbocycles. The molecule has 4 heteroatoms. The van der Waals surface area contributed by atoms with E-state index < -0.39 is 0 Å². The summed E-state index contributed by atoms with van der Waals surface area (Å²) in [5, 5.41) is 9.07. The van der Waals surface area contributed by atoms with Crippen molar-refractivity contribution in [1.82, 2.24) is 0 Å². The lowest BCUT2D eigenvalue weighted by molar-refractivity contribution is -1.03. The lowest BCUT2D eigenvalue weighted by Crippen LogP contribution is -3.30. The van der Waals surface area contributed by atoms with Crippen molar-refractivity contribution in [1.29, 1.82) is 0 Å². The number of likely N-dealkylation sites (tertiary alicyclic amines) is 1. The topological polar surface area (TPSA) is 33.5 Å². The maximum atomic E-state index is 9.07. The van der Waals surface area contributed by atoms with Crippen molar-refractivity contribution in [2.45, 2.75) is 57.5 Å². The fraction of sp³-hybridized carbons (Fsp3) is 1.00. The van der Waals surface area contributed by atoms with Crippen molar-refractivity contribution in [3.05, 3.63) is 0 Å². The second-order valence-corrected chi connectivity index (χ2v) is 8.28. The standard InChI is InChI=1S/C18H35N3O/c1-16-3-2-4-18(15-16)20-7-5-17(6-8-20)21-11-9-19(10-12-21)13-14-22/h16-18,22H,2-15H2,1H3/p+3/t16-,18-/m0/s1. The summed E-state index contributed by atoms with van der Waals surface area (Å²) in [5.74, 6) is 0.970. The van der Waals surface area contributed by atoms with Crippen LogP contribution in [0, 0.1) is 5.92 Å². The van der Waals surface area contributed by atoms with Crippen LogP contribution in [-0.4, -0.2) is 69.6 Å². The number of aliphatic hydroxyl groups excluding tert-OH is 1. The largest absolute Gasteiger partial charge is 0.391 e. The zero-order chi connectivity index (χ0) is 15.4. The van der Waals surface area contributed by atoms with Gasteiger partial charge in [-0.3, -0.25) is 0 Å². The zero-order valence-electron chi connectivity index (χ0n) is 14.6. The predicted molar refractivity (Wildman–Crippen MR) is 88.5 cm³/mol. The molecule has 0 spiro atoms. The Labute approximate surface area is 136 Å². The van der Waals surface area contributed by atoms with Crippen molar-refractivity contribution in [3.8, 4) is 0 Å². The van der Waals surface area contributed by atoms with E-state index >= 15 is 0 Å². The van der Waals surface area contributed by atoms with Crippen LogP contribution in [-0.2, 0) is 0 Å². The van der Waals surface area contributed by atoms with Crippen LogP contribution in [0.25, 0.3) is 0 Å². The van der Waals surface area contributed by atoms with Crippen LogP contribution in [0.4, 0.5) is 0 Å². The molecule has 4 N–H and O–H groups in total. The molecule has 0 amide bonds. The van der Waals surface area contributed by atoms with Gasteiger partial charge in [0.15, 0.2) is 0 Å². The summed E-state index contributed by atoms with van der Waals surface area (Å²) in [4.78, 5) is 5.43. The number of piperidine rings is 1. The van der Waals surface area contributed by atoms with E-state index in [1.165, 1.54) is 77.8 Å². The van der Waals surface area contributed by atoms with E-state index in [2.05, 4.69) is 6.92 Å². The zero-order valence-corrected chi connectivity index (χ0v) is 14.6. The van der Waals surface area contributed by atoms with Gasteiger partial charge >= 0.3 is 0 Å². The van der Waals surface area contributed by atoms with E-state index in [-0.39, 0.29) is 0 Å². The summed E-state index contributed by atoms with van der Waals surface area (Å²) in [6, 6.07) is 1.91. The Bertz CT molecular complexity index is 322. The summed E-state index contributed by atoms with van der Waals surface area (Å²) in [6.07, 6.45) is 8.81. The van der Waals surface area contributed by atoms with Gasteiger partial charge in [-0.25, -0.2) is 0 Å². The number of aliphatic hydroxyl groups is 1. The van der Waals surface area contributed by atoms with Crippen molar-refractivity contribution >= 4 is 0 Å². The van der Waals surface area contributed by atoms with Crippen LogP contribution >= 0.6 is 0 Å². The molecule has 2 saturated heterocycles. The van der Waals surface area contributed by atoms with Crippen molar-refractivity contribution in [2.24, 2.45) is 5.92 Å². The molecule has 3 aliphatic rings. The monoisotopic (exact) mass is 312 g/mol. The Morgan fingerprint density at radius 1 is 0.818 bits per heavy atom. The summed E-state index contributed by atoms with van der Waals surface area (Å²) in [6.45, 7) is 11.8. The Balaban J connectivity index is 1.40. The van der Waals surface area contributed by atoms with Crippen LogP contribution in [0.15, 0.2) is 0 Å². The molecule has 128 valence electrons. The molecule has 3 rings (SSSR count). The van der Waals surface area contributed by atoms with Crippen LogP contribution in [0.1, 0.15) is 45.4 Å². The summed E-state index contributed by atoms with van der Waals surface area (Å²) in [5.41, 5.74) is 0. The number of hydrogen-bond donors (Lipinski definition) is 4. The van der Waals surface area contributed by atoms with Gasteiger partial charge in [0.05, 0.1) is 31.8 Å². The molecule has 0 bridgehead atoms. The minimum absolute atomic E-state index is 0.353. The van der Waals surface area contributed by atoms with E-state index in [1.807, 2.05) is 9.80 Å². The van der Waals surface area contributed by atoms with E-state index in [0.29, 0.717) is 6.61 Å². The van der Waals surface area contributed by atoms with Gasteiger partial charge in [0.1, 0.15) is 32.7 Å². The first-order valence-electron chi connectivity index (χ1n) is 9.90. The first-order chi connectivity index (χ1) is 10.8. The second kappa shape index (κ2) is 8.09. The van der Waals surface area contributed by atoms with Crippen molar-refractivity contribution < 1.29 is 19.8 Å². The number of piperazine rings is 1. The average Bonchev–Trinajstić information content (AvgIpc) is 2.56. The fourth-order valence-corrected chi connectivity index (χ4v) is 5.35. The first kappa shape index (κ1) is 16.7. The Kier molecular flexibility index (Phi) is 6.14. The fourth-order valence-electron chi connectivity index (χ4n) is 5.35. The summed E-state index contributed by atoms with van der Waals surface area (Å²) >= 11 is 0. The molecular weight excluding hydrogens is 274 g/mol. The van der Waals surface area contributed by atoms with Gasteiger partial charge in [-0.2, -0.15) is 0 Å². The highest BCUT2D eigenvalue weighted by Crippen LogP contribution is 2.22. The quantitative estimate of drug-likeness (QED) is 0.451. The third-order valence-corrected chi connectivity index (χ3v) is 6.78. The molecule has 1 saturated carbocycles. The highest BCUT2D eigenvalue weighted by atomic mass is 16.3. The van der Waals surface area contributed by atoms with Gasteiger partial charge < -0.3 is 19.8 Å². The van der Waals surface area contributed by atoms with Gasteiger partial charge in [0.25, 0.3) is 0 Å². The molecule has 0 aromatic heterocycles. The predicted octanol–water partition coefficient (Wildman–Crippen LogP) is -2.61. The van der Waals surface area contributed by atoms with E-state index in [0.717, 1.165) is 24.5 Å². The molecule has 22 heavy (non-hydrogen) atoms. The number of rotatable bonds is 4. The molecule has 2 aliphatic heterocycles. The first-order valence-corrected chi connectivity index (χ1v) is 9.90. The van der Waals surface area contributed by atoms with Gasteiger partial charge in [-0.1, -0.05) is 13.3 Å². The van der Waals surface area contributed by atoms with Gasteiger partial charge in [-0.15, -0.1) is 0 Å². The van der Waals surface area contributed by atoms with Crippen LogP contribution < -0.4 is 14.7 Å². The Hall–Kier alpha value is -0.160. The molecule has 0 radical (unpaired) electrons. The molecule has 0 aromatic carbocycles. The van der Waals surface area contributed by atoms with Crippen LogP contribution in [0.3, 0.4) is 0 Å². The van der Waals surface area contributed by atoms with Gasteiger partial charge in [0, 0.05) is 19.3 Å². The molecular formula is C18H38N3O+3. The maximum Gasteiger partial charge on any atom is 0.127 e. The average molecular weight is 313 g/mol. The second-order valence-electron chi connectivity index (χ2n) is 8.28. The van der Waals surface area contributed by atoms with Crippen LogP contribution in [0.5, 0.6) is 0 Å². The molecule has 3 fully saturated rings. The molecule has 0 unspecified atom stereocenters. The minimum atomic E-state index is 0.353. The Morgan fingerprint density at radius 2 is 1.50 bits per heavy atom. The van der Waals surface area contributed by atoms with Crippen molar-refractivity contribution in [2.75, 3.05) is 52.4 Å². The summed E-state index contributed by atoms with van der Waals surface area (Å²) in [7, 11) is 0. The van der Waals surface area contributed by atoms with Gasteiger partial charge in [0.2, 0.25) is 0 Å². The lowest BCUT2D eigenvalue weighted by atomic mass is 9.85. The molecule has 4 nitrogen and oxygen atoms in total. The highest BCUT2D eigenvalue weighted by Gasteiger charge is 2.36. The van der Waals surface area contributed by atoms with E-state index in [1.54, 1.807) is 4.90 Å². The molecule has 0 aromatic rings. The lowest BCUT2D eigenvalue weighted by Gasteiger charge is -2.41. The number of nitrogens with one attached hydrogen (secondary N) is 3. The smallest absolute Gasteiger partial charge is 0.127 e. The normalized spacial score (nSPS) is 43.9. The highest BCUT2D eigenvalue weighted by molar-refractivity contribution is 4.71. The number of hydrogen-bond acceptors (Lipinski definition) is 1. The van der Waals surface area contributed by atoms with Crippen molar-refractivity contribution in [3.63, 3.8) is 0 Å². The van der Waals surface area contributed by atoms with Gasteiger partial charge in [-0.05, 0) is 18.8 Å². The number of quaternary nitrogens is 3. The minimum Gasteiger partial charge on any atom is -0.391 e. The Morgan fingerprint density at radius 3 is 2.14 bits per heavy atom. The maximum absolute atomic E-state index is 9.07. The van der Waals surface area contributed by atoms with E-state index in [4.69, 9.17) is 5.11 Å². The molecule has 2 heterocycles. The third kappa shape index (κ3) is 4.22. The molecule has 2 atom stereocenters.